The van der Waals surface area contributed by atoms with Gasteiger partial charge in [0, 0.05) is 26.9 Å². The fraction of sp³-hybridized carbons (Fsp3) is 0.0345. The SMILES string of the molecule is COc1ccc2c3c1c(=O)c1ccccc1c3c1cccc3c(=O)c4ccccc4c2c31. The molecule has 0 aromatic heterocycles. The number of ether oxygens (including phenoxy) is 1. The van der Waals surface area contributed by atoms with E-state index in [0.29, 0.717) is 27.3 Å². The van der Waals surface area contributed by atoms with Gasteiger partial charge in [0.1, 0.15) is 5.75 Å². The molecular formula is C29H16O3. The Bertz CT molecular complexity index is 2000. The molecule has 0 spiro atoms. The maximum Gasteiger partial charge on any atom is 0.198 e. The summed E-state index contributed by atoms with van der Waals surface area (Å²) in [6.45, 7) is 0. The largest absolute Gasteiger partial charge is 0.496 e. The number of fused-ring (bicyclic) bond motifs is 6. The van der Waals surface area contributed by atoms with Crippen molar-refractivity contribution in [2.45, 2.75) is 0 Å². The van der Waals surface area contributed by atoms with Crippen molar-refractivity contribution in [2.24, 2.45) is 0 Å². The summed E-state index contributed by atoms with van der Waals surface area (Å²) in [5.41, 5.74) is 0.0116. The molecule has 0 aliphatic rings. The first-order chi connectivity index (χ1) is 15.7. The van der Waals surface area contributed by atoms with E-state index in [1.807, 2.05) is 72.8 Å². The van der Waals surface area contributed by atoms with Crippen molar-refractivity contribution in [3.05, 3.63) is 99.3 Å². The Labute approximate surface area is 181 Å². The highest BCUT2D eigenvalue weighted by Crippen LogP contribution is 2.45. The van der Waals surface area contributed by atoms with E-state index in [9.17, 15) is 9.59 Å². The van der Waals surface area contributed by atoms with Gasteiger partial charge in [-0.05, 0) is 44.5 Å². The molecule has 0 saturated heterocycles. The van der Waals surface area contributed by atoms with Crippen LogP contribution in [0.25, 0.3) is 64.6 Å². The van der Waals surface area contributed by atoms with Crippen LogP contribution in [0.3, 0.4) is 0 Å². The summed E-state index contributed by atoms with van der Waals surface area (Å²) >= 11 is 0. The van der Waals surface area contributed by atoms with E-state index in [-0.39, 0.29) is 10.9 Å². The average Bonchev–Trinajstić information content (AvgIpc) is 2.85. The van der Waals surface area contributed by atoms with E-state index in [1.165, 1.54) is 0 Å². The number of rotatable bonds is 1. The summed E-state index contributed by atoms with van der Waals surface area (Å²) in [5, 5.41) is 10.3. The molecule has 0 aliphatic heterocycles. The second-order valence-electron chi connectivity index (χ2n) is 8.29. The molecule has 0 bridgehead atoms. The molecule has 7 aromatic carbocycles. The second kappa shape index (κ2) is 5.92. The molecule has 0 atom stereocenters. The van der Waals surface area contributed by atoms with Crippen LogP contribution in [0.5, 0.6) is 5.75 Å². The van der Waals surface area contributed by atoms with E-state index in [1.54, 1.807) is 7.11 Å². The highest BCUT2D eigenvalue weighted by atomic mass is 16.5. The Hall–Kier alpha value is -4.24. The van der Waals surface area contributed by atoms with Crippen LogP contribution in [0.1, 0.15) is 0 Å². The summed E-state index contributed by atoms with van der Waals surface area (Å²) in [6.07, 6.45) is 0. The molecule has 32 heavy (non-hydrogen) atoms. The summed E-state index contributed by atoms with van der Waals surface area (Å²) in [7, 11) is 1.60. The summed E-state index contributed by atoms with van der Waals surface area (Å²) < 4.78 is 5.65. The van der Waals surface area contributed by atoms with Gasteiger partial charge in [0.25, 0.3) is 0 Å². The zero-order valence-corrected chi connectivity index (χ0v) is 17.2. The normalized spacial score (nSPS) is 12.2. The fourth-order valence-corrected chi connectivity index (χ4v) is 5.57. The molecule has 150 valence electrons. The van der Waals surface area contributed by atoms with E-state index in [2.05, 4.69) is 6.07 Å². The molecule has 0 radical (unpaired) electrons. The maximum atomic E-state index is 13.7. The molecule has 0 fully saturated rings. The van der Waals surface area contributed by atoms with E-state index >= 15 is 0 Å². The standard InChI is InChI=1S/C29H16O3/c1-32-22-14-13-20-23-15-7-2-4-9-17(15)28(30)21-12-6-11-19(25(21)23)24-16-8-3-5-10-18(16)29(31)27(22)26(20)24/h2-14H,1H3. The van der Waals surface area contributed by atoms with Gasteiger partial charge in [-0.3, -0.25) is 9.59 Å². The van der Waals surface area contributed by atoms with Crippen LogP contribution in [0.2, 0.25) is 0 Å². The topological polar surface area (TPSA) is 43.4 Å². The zero-order valence-electron chi connectivity index (χ0n) is 17.2. The molecule has 0 saturated carbocycles. The molecule has 0 N–H and O–H groups in total. The molecular weight excluding hydrogens is 396 g/mol. The van der Waals surface area contributed by atoms with Gasteiger partial charge in [-0.25, -0.2) is 0 Å². The Kier molecular flexibility index (Phi) is 3.23. The predicted octanol–water partition coefficient (Wildman–Crippen LogP) is 6.21. The number of methoxy groups -OCH3 is 1. The van der Waals surface area contributed by atoms with E-state index < -0.39 is 0 Å². The highest BCUT2D eigenvalue weighted by molar-refractivity contribution is 6.41. The number of benzene rings is 7. The third kappa shape index (κ3) is 1.92. The van der Waals surface area contributed by atoms with Gasteiger partial charge in [-0.15, -0.1) is 0 Å². The third-order valence-corrected chi connectivity index (χ3v) is 6.84. The lowest BCUT2D eigenvalue weighted by molar-refractivity contribution is 0.420. The first-order valence-corrected chi connectivity index (χ1v) is 10.6. The van der Waals surface area contributed by atoms with Crippen LogP contribution in [-0.4, -0.2) is 7.11 Å². The monoisotopic (exact) mass is 412 g/mol. The van der Waals surface area contributed by atoms with Crippen molar-refractivity contribution in [1.29, 1.82) is 0 Å². The van der Waals surface area contributed by atoms with Crippen molar-refractivity contribution >= 4 is 64.6 Å². The van der Waals surface area contributed by atoms with E-state index in [4.69, 9.17) is 4.74 Å². The lowest BCUT2D eigenvalue weighted by Gasteiger charge is -2.18. The van der Waals surface area contributed by atoms with Gasteiger partial charge in [0.2, 0.25) is 0 Å². The molecule has 7 aromatic rings. The highest BCUT2D eigenvalue weighted by Gasteiger charge is 2.22. The minimum atomic E-state index is -0.0292. The lowest BCUT2D eigenvalue weighted by atomic mass is 9.84. The molecule has 7 rings (SSSR count). The molecule has 0 aliphatic carbocycles. The van der Waals surface area contributed by atoms with Gasteiger partial charge >= 0.3 is 0 Å². The van der Waals surface area contributed by atoms with Crippen LogP contribution >= 0.6 is 0 Å². The average molecular weight is 412 g/mol. The summed E-state index contributed by atoms with van der Waals surface area (Å²) in [6, 6.07) is 25.3. The van der Waals surface area contributed by atoms with Crippen molar-refractivity contribution in [2.75, 3.05) is 7.11 Å². The van der Waals surface area contributed by atoms with Gasteiger partial charge in [-0.1, -0.05) is 66.7 Å². The number of hydrogen-bond acceptors (Lipinski definition) is 3. The summed E-state index contributed by atoms with van der Waals surface area (Å²) in [4.78, 5) is 27.1. The van der Waals surface area contributed by atoms with Gasteiger partial charge in [0.15, 0.2) is 10.9 Å². The van der Waals surface area contributed by atoms with Gasteiger partial charge in [0.05, 0.1) is 12.5 Å². The predicted molar refractivity (Wildman–Crippen MR) is 133 cm³/mol. The van der Waals surface area contributed by atoms with Crippen LogP contribution < -0.4 is 15.6 Å². The quantitative estimate of drug-likeness (QED) is 0.238. The van der Waals surface area contributed by atoms with Crippen LogP contribution in [0.4, 0.5) is 0 Å². The minimum Gasteiger partial charge on any atom is -0.496 e. The Morgan fingerprint density at radius 2 is 0.938 bits per heavy atom. The molecule has 3 nitrogen and oxygen atoms in total. The van der Waals surface area contributed by atoms with Crippen molar-refractivity contribution < 1.29 is 4.74 Å². The molecule has 0 amide bonds. The van der Waals surface area contributed by atoms with Crippen molar-refractivity contribution in [3.8, 4) is 5.75 Å². The first kappa shape index (κ1) is 17.4. The Morgan fingerprint density at radius 3 is 1.62 bits per heavy atom. The van der Waals surface area contributed by atoms with Crippen LogP contribution in [0, 0.1) is 0 Å². The van der Waals surface area contributed by atoms with Gasteiger partial charge < -0.3 is 4.74 Å². The fourth-order valence-electron chi connectivity index (χ4n) is 5.57. The Balaban J connectivity index is 2.01. The minimum absolute atomic E-state index is 0.0292. The van der Waals surface area contributed by atoms with Crippen molar-refractivity contribution in [1.82, 2.24) is 0 Å². The summed E-state index contributed by atoms with van der Waals surface area (Å²) in [5.74, 6) is 0.570. The molecule has 0 unspecified atom stereocenters. The lowest BCUT2D eigenvalue weighted by Crippen LogP contribution is -2.07. The Morgan fingerprint density at radius 1 is 0.438 bits per heavy atom. The van der Waals surface area contributed by atoms with Gasteiger partial charge in [-0.2, -0.15) is 0 Å². The molecule has 3 heteroatoms. The van der Waals surface area contributed by atoms with E-state index in [0.717, 1.165) is 43.1 Å². The second-order valence-corrected chi connectivity index (χ2v) is 8.29. The first-order valence-electron chi connectivity index (χ1n) is 10.6. The van der Waals surface area contributed by atoms with Crippen molar-refractivity contribution in [3.63, 3.8) is 0 Å². The van der Waals surface area contributed by atoms with Crippen LogP contribution in [0.15, 0.2) is 88.5 Å². The number of hydrogen-bond donors (Lipinski definition) is 0. The smallest absolute Gasteiger partial charge is 0.198 e. The van der Waals surface area contributed by atoms with Crippen LogP contribution in [-0.2, 0) is 0 Å². The zero-order chi connectivity index (χ0) is 21.6. The molecule has 0 heterocycles. The maximum absolute atomic E-state index is 13.7. The third-order valence-electron chi connectivity index (χ3n) is 6.84.